The third-order valence-corrected chi connectivity index (χ3v) is 3.40. The molecule has 0 bridgehead atoms. The van der Waals surface area contributed by atoms with Crippen molar-refractivity contribution in [3.05, 3.63) is 28.2 Å². The van der Waals surface area contributed by atoms with Crippen LogP contribution < -0.4 is 5.32 Å². The van der Waals surface area contributed by atoms with Crippen LogP contribution in [0, 0.1) is 5.92 Å². The van der Waals surface area contributed by atoms with Crippen LogP contribution in [-0.2, 0) is 14.3 Å². The lowest BCUT2D eigenvalue weighted by atomic mass is 10.1. The Hall–Kier alpha value is -1.40. The summed E-state index contributed by atoms with van der Waals surface area (Å²) in [6.45, 7) is 4.56. The summed E-state index contributed by atoms with van der Waals surface area (Å²) < 4.78 is 10.6. The number of hydrogen-bond acceptors (Lipinski definition) is 4. The highest BCUT2D eigenvalue weighted by atomic mass is 79.9. The van der Waals surface area contributed by atoms with Crippen LogP contribution in [0.2, 0.25) is 0 Å². The topological polar surface area (TPSA) is 64.6 Å². The van der Waals surface area contributed by atoms with E-state index < -0.39 is 0 Å². The molecule has 6 heteroatoms. The molecule has 0 spiro atoms. The summed E-state index contributed by atoms with van der Waals surface area (Å²) in [4.78, 5) is 23.5. The first-order valence-electron chi connectivity index (χ1n) is 6.73. The summed E-state index contributed by atoms with van der Waals surface area (Å²) in [6.07, 6.45) is 0.375. The second-order valence-corrected chi connectivity index (χ2v) is 5.58. The summed E-state index contributed by atoms with van der Waals surface area (Å²) in [5.74, 6) is -0.332. The molecular weight excluding hydrogens is 338 g/mol. The van der Waals surface area contributed by atoms with Gasteiger partial charge >= 0.3 is 5.97 Å². The van der Waals surface area contributed by atoms with Crippen LogP contribution in [0.1, 0.15) is 30.6 Å². The maximum Gasteiger partial charge on any atom is 0.338 e. The van der Waals surface area contributed by atoms with Gasteiger partial charge in [0, 0.05) is 24.6 Å². The lowest BCUT2D eigenvalue weighted by Gasteiger charge is -2.12. The molecule has 21 heavy (non-hydrogen) atoms. The Kier molecular flexibility index (Phi) is 7.39. The number of rotatable bonds is 7. The van der Waals surface area contributed by atoms with E-state index in [1.54, 1.807) is 32.2 Å². The van der Waals surface area contributed by atoms with Crippen molar-refractivity contribution in [2.24, 2.45) is 5.92 Å². The van der Waals surface area contributed by atoms with Crippen LogP contribution in [0.15, 0.2) is 22.7 Å². The molecule has 1 aromatic carbocycles. The highest BCUT2D eigenvalue weighted by Crippen LogP contribution is 2.24. The highest BCUT2D eigenvalue weighted by Gasteiger charge is 2.13. The second kappa shape index (κ2) is 8.79. The molecule has 0 saturated heterocycles. The fourth-order valence-corrected chi connectivity index (χ4v) is 2.30. The first kappa shape index (κ1) is 17.7. The number of methoxy groups -OCH3 is 1. The number of hydrogen-bond donors (Lipinski definition) is 1. The van der Waals surface area contributed by atoms with Gasteiger partial charge in [-0.15, -0.1) is 0 Å². The van der Waals surface area contributed by atoms with Gasteiger partial charge in [-0.3, -0.25) is 4.79 Å². The van der Waals surface area contributed by atoms with E-state index in [9.17, 15) is 9.59 Å². The molecule has 0 radical (unpaired) electrons. The van der Waals surface area contributed by atoms with Crippen molar-refractivity contribution in [2.75, 3.05) is 25.6 Å². The van der Waals surface area contributed by atoms with E-state index in [2.05, 4.69) is 21.2 Å². The number of halogens is 1. The minimum absolute atomic E-state index is 0.0934. The molecule has 1 N–H and O–H groups in total. The first-order chi connectivity index (χ1) is 9.97. The Morgan fingerprint density at radius 1 is 1.38 bits per heavy atom. The molecule has 0 aliphatic heterocycles. The number of amides is 1. The van der Waals surface area contributed by atoms with E-state index in [0.717, 1.165) is 0 Å². The molecule has 1 aromatic rings. The molecule has 1 atom stereocenters. The van der Waals surface area contributed by atoms with Crippen LogP contribution in [0.4, 0.5) is 5.69 Å². The molecule has 0 aliphatic carbocycles. The fourth-order valence-electron chi connectivity index (χ4n) is 1.82. The van der Waals surface area contributed by atoms with E-state index in [1.165, 1.54) is 0 Å². The lowest BCUT2D eigenvalue weighted by molar-refractivity contribution is -0.117. The molecule has 1 unspecified atom stereocenters. The Bertz CT molecular complexity index is 504. The number of esters is 1. The first-order valence-corrected chi connectivity index (χ1v) is 7.52. The average molecular weight is 358 g/mol. The van der Waals surface area contributed by atoms with E-state index in [-0.39, 0.29) is 17.8 Å². The zero-order valence-electron chi connectivity index (χ0n) is 12.4. The standard InChI is InChI=1S/C15H20BrNO4/c1-4-21-15(19)11-5-6-13(12(16)8-11)17-14(18)7-10(2)9-20-3/h5-6,8,10H,4,7,9H2,1-3H3,(H,17,18). The number of nitrogens with one attached hydrogen (secondary N) is 1. The van der Waals surface area contributed by atoms with Crippen LogP contribution in [0.3, 0.4) is 0 Å². The van der Waals surface area contributed by atoms with Gasteiger partial charge in [0.15, 0.2) is 0 Å². The van der Waals surface area contributed by atoms with Crippen molar-refractivity contribution in [3.8, 4) is 0 Å². The molecular formula is C15H20BrNO4. The van der Waals surface area contributed by atoms with Gasteiger partial charge in [0.2, 0.25) is 5.91 Å². The number of benzene rings is 1. The van der Waals surface area contributed by atoms with Crippen molar-refractivity contribution in [1.82, 2.24) is 0 Å². The monoisotopic (exact) mass is 357 g/mol. The van der Waals surface area contributed by atoms with Gasteiger partial charge in [0.1, 0.15) is 0 Å². The van der Waals surface area contributed by atoms with E-state index >= 15 is 0 Å². The quantitative estimate of drug-likeness (QED) is 0.760. The smallest absolute Gasteiger partial charge is 0.338 e. The zero-order chi connectivity index (χ0) is 15.8. The van der Waals surface area contributed by atoms with Crippen LogP contribution in [0.5, 0.6) is 0 Å². The molecule has 0 aromatic heterocycles. The molecule has 0 heterocycles. The summed E-state index contributed by atoms with van der Waals surface area (Å²) in [6, 6.07) is 4.93. The summed E-state index contributed by atoms with van der Waals surface area (Å²) in [5, 5.41) is 2.80. The van der Waals surface area contributed by atoms with E-state index in [4.69, 9.17) is 9.47 Å². The predicted molar refractivity (Wildman–Crippen MR) is 84.4 cm³/mol. The van der Waals surface area contributed by atoms with Crippen molar-refractivity contribution in [3.63, 3.8) is 0 Å². The molecule has 0 saturated carbocycles. The summed E-state index contributed by atoms with van der Waals surface area (Å²) >= 11 is 3.34. The van der Waals surface area contributed by atoms with Crippen molar-refractivity contribution in [2.45, 2.75) is 20.3 Å². The number of carbonyl (C=O) groups excluding carboxylic acids is 2. The molecule has 5 nitrogen and oxygen atoms in total. The van der Waals surface area contributed by atoms with Gasteiger partial charge in [-0.25, -0.2) is 4.79 Å². The van der Waals surface area contributed by atoms with Gasteiger partial charge in [0.05, 0.1) is 17.9 Å². The van der Waals surface area contributed by atoms with Gasteiger partial charge < -0.3 is 14.8 Å². The lowest BCUT2D eigenvalue weighted by Crippen LogP contribution is -2.18. The summed E-state index contributed by atoms with van der Waals surface area (Å²) in [5.41, 5.74) is 1.06. The number of ether oxygens (including phenoxy) is 2. The molecule has 116 valence electrons. The third kappa shape index (κ3) is 5.85. The molecule has 0 aliphatic rings. The molecule has 0 fully saturated rings. The number of anilines is 1. The maximum absolute atomic E-state index is 11.9. The van der Waals surface area contributed by atoms with Crippen molar-refractivity contribution >= 4 is 33.5 Å². The molecule has 1 amide bonds. The Morgan fingerprint density at radius 3 is 2.67 bits per heavy atom. The van der Waals surface area contributed by atoms with Gasteiger partial charge in [-0.05, 0) is 47.0 Å². The predicted octanol–water partition coefficient (Wildman–Crippen LogP) is 3.24. The van der Waals surface area contributed by atoms with Crippen molar-refractivity contribution in [1.29, 1.82) is 0 Å². The Labute approximate surface area is 133 Å². The average Bonchev–Trinajstić information content (AvgIpc) is 2.41. The van der Waals surface area contributed by atoms with Crippen LogP contribution >= 0.6 is 15.9 Å². The number of carbonyl (C=O) groups is 2. The van der Waals surface area contributed by atoms with Crippen LogP contribution in [0.25, 0.3) is 0 Å². The Morgan fingerprint density at radius 2 is 2.10 bits per heavy atom. The van der Waals surface area contributed by atoms with Crippen molar-refractivity contribution < 1.29 is 19.1 Å². The third-order valence-electron chi connectivity index (χ3n) is 2.74. The SMILES string of the molecule is CCOC(=O)c1ccc(NC(=O)CC(C)COC)c(Br)c1. The Balaban J connectivity index is 2.68. The van der Waals surface area contributed by atoms with E-state index in [1.807, 2.05) is 6.92 Å². The largest absolute Gasteiger partial charge is 0.462 e. The maximum atomic E-state index is 11.9. The fraction of sp³-hybridized carbons (Fsp3) is 0.467. The van der Waals surface area contributed by atoms with Crippen LogP contribution in [-0.4, -0.2) is 32.2 Å². The minimum Gasteiger partial charge on any atom is -0.462 e. The van der Waals surface area contributed by atoms with Gasteiger partial charge in [0.25, 0.3) is 0 Å². The van der Waals surface area contributed by atoms with E-state index in [0.29, 0.717) is 35.4 Å². The van der Waals surface area contributed by atoms with Gasteiger partial charge in [-0.2, -0.15) is 0 Å². The minimum atomic E-state index is -0.384. The van der Waals surface area contributed by atoms with Gasteiger partial charge in [-0.1, -0.05) is 6.92 Å². The second-order valence-electron chi connectivity index (χ2n) is 4.73. The summed E-state index contributed by atoms with van der Waals surface area (Å²) in [7, 11) is 1.61. The molecule has 1 rings (SSSR count). The zero-order valence-corrected chi connectivity index (χ0v) is 14.0. The highest BCUT2D eigenvalue weighted by molar-refractivity contribution is 9.10. The normalized spacial score (nSPS) is 11.8.